The first-order chi connectivity index (χ1) is 15.7. The van der Waals surface area contributed by atoms with Crippen LogP contribution in [0.3, 0.4) is 0 Å². The van der Waals surface area contributed by atoms with Gasteiger partial charge in [-0.05, 0) is 46.5 Å². The second kappa shape index (κ2) is 9.17. The van der Waals surface area contributed by atoms with Crippen molar-refractivity contribution >= 4 is 32.6 Å². The number of rotatable bonds is 6. The fraction of sp³-hybridized carbons (Fsp3) is 0.160. The van der Waals surface area contributed by atoms with Crippen molar-refractivity contribution in [3.05, 3.63) is 111 Å². The average Bonchev–Trinajstić information content (AvgIpc) is 2.72. The molecule has 0 aromatic heterocycles. The molecule has 0 radical (unpaired) electrons. The molecule has 0 aliphatic carbocycles. The molecule has 1 fully saturated rings. The second-order valence-corrected chi connectivity index (χ2v) is 10.4. The second-order valence-electron chi connectivity index (χ2n) is 8.01. The molecule has 170 valence electrons. The van der Waals surface area contributed by atoms with Gasteiger partial charge in [0.2, 0.25) is 0 Å². The lowest BCUT2D eigenvalue weighted by molar-refractivity contribution is 0.112. The zero-order valence-electron chi connectivity index (χ0n) is 17.6. The fourth-order valence-electron chi connectivity index (χ4n) is 4.15. The summed E-state index contributed by atoms with van der Waals surface area (Å²) in [7, 11) is -3.74. The molecule has 0 saturated carbocycles. The van der Waals surface area contributed by atoms with E-state index in [2.05, 4.69) is 4.90 Å². The topological polar surface area (TPSA) is 54.5 Å². The zero-order valence-corrected chi connectivity index (χ0v) is 19.2. The van der Waals surface area contributed by atoms with E-state index in [1.54, 1.807) is 24.3 Å². The minimum atomic E-state index is -3.74. The molecule has 0 spiro atoms. The number of benzene rings is 3. The lowest BCUT2D eigenvalue weighted by atomic mass is 9.91. The Hall–Kier alpha value is -2.87. The van der Waals surface area contributed by atoms with E-state index in [1.807, 2.05) is 24.3 Å². The third-order valence-corrected chi connectivity index (χ3v) is 7.06. The molecule has 3 aromatic rings. The normalized spacial score (nSPS) is 15.1. The van der Waals surface area contributed by atoms with Gasteiger partial charge in [0.25, 0.3) is 0 Å². The summed E-state index contributed by atoms with van der Waals surface area (Å²) in [5.41, 5.74) is 2.98. The van der Waals surface area contributed by atoms with Crippen LogP contribution in [-0.4, -0.2) is 38.9 Å². The third kappa shape index (κ3) is 5.05. The third-order valence-electron chi connectivity index (χ3n) is 5.54. The summed E-state index contributed by atoms with van der Waals surface area (Å²) < 4.78 is 52.7. The summed E-state index contributed by atoms with van der Waals surface area (Å²) >= 11 is 6.05. The predicted molar refractivity (Wildman–Crippen MR) is 125 cm³/mol. The van der Waals surface area contributed by atoms with E-state index in [-0.39, 0.29) is 16.5 Å². The molecule has 0 unspecified atom stereocenters. The maximum atomic E-state index is 13.8. The number of aldehydes is 1. The monoisotopic (exact) mass is 487 g/mol. The highest BCUT2D eigenvalue weighted by Crippen LogP contribution is 2.38. The Bertz CT molecular complexity index is 1310. The molecule has 3 aromatic carbocycles. The molecular weight excluding hydrogens is 468 g/mol. The molecule has 0 N–H and O–H groups in total. The zero-order chi connectivity index (χ0) is 23.8. The first-order valence-corrected chi connectivity index (χ1v) is 12.4. The first-order valence-electron chi connectivity index (χ1n) is 10.1. The Kier molecular flexibility index (Phi) is 6.47. The molecule has 4 rings (SSSR count). The molecule has 1 heterocycles. The smallest absolute Gasteiger partial charge is 0.176 e. The number of carbonyl (C=O) groups excluding carboxylic acids is 1. The summed E-state index contributed by atoms with van der Waals surface area (Å²) in [6, 6.07) is 17.0. The molecule has 0 amide bonds. The highest BCUT2D eigenvalue weighted by atomic mass is 35.5. The minimum Gasteiger partial charge on any atom is -0.298 e. The van der Waals surface area contributed by atoms with Gasteiger partial charge in [-0.2, -0.15) is 0 Å². The van der Waals surface area contributed by atoms with Gasteiger partial charge in [0.15, 0.2) is 9.84 Å². The lowest BCUT2D eigenvalue weighted by Gasteiger charge is -2.42. The Morgan fingerprint density at radius 3 is 1.94 bits per heavy atom. The number of sulfone groups is 1. The highest BCUT2D eigenvalue weighted by Gasteiger charge is 2.34. The van der Waals surface area contributed by atoms with E-state index >= 15 is 0 Å². The maximum Gasteiger partial charge on any atom is 0.176 e. The SMILES string of the molecule is CS(=O)(=O)C(=C1CN([C@@H](c2ccc(Cl)cc2)c2ccc(C=O)cc2)C1)c1cc(F)cc(F)c1. The Morgan fingerprint density at radius 2 is 1.45 bits per heavy atom. The average molecular weight is 488 g/mol. The van der Waals surface area contributed by atoms with Crippen LogP contribution in [0.2, 0.25) is 5.02 Å². The van der Waals surface area contributed by atoms with Crippen molar-refractivity contribution in [1.29, 1.82) is 0 Å². The molecule has 33 heavy (non-hydrogen) atoms. The number of carbonyl (C=O) groups is 1. The standard InChI is InChI=1S/C25H20ClF2NO3S/c1-33(31,32)25(19-10-22(27)12-23(28)11-19)20-13-29(14-20)24(18-6-8-21(26)9-7-18)17-4-2-16(15-30)3-5-17/h2-12,15,24H,13-14H2,1H3/t24-/m1/s1. The van der Waals surface area contributed by atoms with Gasteiger partial charge in [0, 0.05) is 36.0 Å². The van der Waals surface area contributed by atoms with Crippen molar-refractivity contribution in [2.45, 2.75) is 6.04 Å². The van der Waals surface area contributed by atoms with Crippen LogP contribution in [0.25, 0.3) is 4.91 Å². The largest absolute Gasteiger partial charge is 0.298 e. The quantitative estimate of drug-likeness (QED) is 0.443. The Labute approximate surface area is 196 Å². The molecule has 4 nitrogen and oxygen atoms in total. The lowest BCUT2D eigenvalue weighted by Crippen LogP contribution is -2.44. The van der Waals surface area contributed by atoms with Crippen LogP contribution in [0.5, 0.6) is 0 Å². The van der Waals surface area contributed by atoms with Gasteiger partial charge in [-0.25, -0.2) is 17.2 Å². The molecule has 1 atom stereocenters. The van der Waals surface area contributed by atoms with Gasteiger partial charge in [-0.15, -0.1) is 0 Å². The number of hydrogen-bond acceptors (Lipinski definition) is 4. The van der Waals surface area contributed by atoms with Crippen molar-refractivity contribution in [3.63, 3.8) is 0 Å². The predicted octanol–water partition coefficient (Wildman–Crippen LogP) is 5.29. The molecule has 0 bridgehead atoms. The first kappa shape index (κ1) is 23.3. The van der Waals surface area contributed by atoms with Gasteiger partial charge >= 0.3 is 0 Å². The van der Waals surface area contributed by atoms with E-state index in [0.717, 1.165) is 35.8 Å². The molecule has 1 saturated heterocycles. The van der Waals surface area contributed by atoms with Crippen LogP contribution < -0.4 is 0 Å². The number of halogens is 3. The van der Waals surface area contributed by atoms with Gasteiger partial charge < -0.3 is 0 Å². The number of likely N-dealkylation sites (tertiary alicyclic amines) is 1. The summed E-state index contributed by atoms with van der Waals surface area (Å²) in [5, 5.41) is 0.588. The van der Waals surface area contributed by atoms with Crippen molar-refractivity contribution in [1.82, 2.24) is 4.90 Å². The number of hydrogen-bond donors (Lipinski definition) is 0. The van der Waals surface area contributed by atoms with Gasteiger partial charge in [-0.1, -0.05) is 48.0 Å². The maximum absolute atomic E-state index is 13.8. The molecular formula is C25H20ClF2NO3S. The molecule has 8 heteroatoms. The van der Waals surface area contributed by atoms with Crippen LogP contribution in [-0.2, 0) is 9.84 Å². The highest BCUT2D eigenvalue weighted by molar-refractivity contribution is 8.00. The summed E-state index contributed by atoms with van der Waals surface area (Å²) in [6.07, 6.45) is 1.80. The fourth-order valence-corrected chi connectivity index (χ4v) is 5.48. The van der Waals surface area contributed by atoms with E-state index in [0.29, 0.717) is 35.3 Å². The minimum absolute atomic E-state index is 0.00280. The van der Waals surface area contributed by atoms with Gasteiger partial charge in [0.1, 0.15) is 17.9 Å². The van der Waals surface area contributed by atoms with Crippen LogP contribution in [0.4, 0.5) is 8.78 Å². The summed E-state index contributed by atoms with van der Waals surface area (Å²) in [4.78, 5) is 13.0. The van der Waals surface area contributed by atoms with Crippen LogP contribution >= 0.6 is 11.6 Å². The van der Waals surface area contributed by atoms with Gasteiger partial charge in [-0.3, -0.25) is 9.69 Å². The van der Waals surface area contributed by atoms with Crippen LogP contribution in [0, 0.1) is 11.6 Å². The number of nitrogens with zero attached hydrogens (tertiary/aromatic N) is 1. The van der Waals surface area contributed by atoms with E-state index in [1.165, 1.54) is 0 Å². The van der Waals surface area contributed by atoms with Crippen molar-refractivity contribution in [2.75, 3.05) is 19.3 Å². The summed E-state index contributed by atoms with van der Waals surface area (Å²) in [5.74, 6) is -1.67. The van der Waals surface area contributed by atoms with E-state index in [4.69, 9.17) is 11.6 Å². The summed E-state index contributed by atoms with van der Waals surface area (Å²) in [6.45, 7) is 0.590. The van der Waals surface area contributed by atoms with E-state index in [9.17, 15) is 22.0 Å². The molecule has 1 aliphatic rings. The molecule has 1 aliphatic heterocycles. The van der Waals surface area contributed by atoms with Gasteiger partial charge in [0.05, 0.1) is 10.9 Å². The van der Waals surface area contributed by atoms with Crippen LogP contribution in [0.1, 0.15) is 33.1 Å². The van der Waals surface area contributed by atoms with Crippen molar-refractivity contribution in [2.24, 2.45) is 0 Å². The van der Waals surface area contributed by atoms with Crippen LogP contribution in [0.15, 0.2) is 72.3 Å². The Balaban J connectivity index is 1.74. The Morgan fingerprint density at radius 1 is 0.939 bits per heavy atom. The van der Waals surface area contributed by atoms with Crippen molar-refractivity contribution < 1.29 is 22.0 Å². The van der Waals surface area contributed by atoms with Crippen molar-refractivity contribution in [3.8, 4) is 0 Å². The van der Waals surface area contributed by atoms with E-state index < -0.39 is 21.5 Å².